The molecule has 2 aliphatic rings. The van der Waals surface area contributed by atoms with E-state index in [9.17, 15) is 9.59 Å². The zero-order valence-electron chi connectivity index (χ0n) is 15.8. The maximum atomic E-state index is 12.8. The molecule has 1 heterocycles. The number of urea groups is 1. The van der Waals surface area contributed by atoms with Crippen molar-refractivity contribution in [2.45, 2.75) is 57.1 Å². The Bertz CT molecular complexity index is 670. The van der Waals surface area contributed by atoms with E-state index in [0.29, 0.717) is 22.8 Å². The van der Waals surface area contributed by atoms with Crippen molar-refractivity contribution in [3.63, 3.8) is 0 Å². The fourth-order valence-corrected chi connectivity index (χ4v) is 4.04. The van der Waals surface area contributed by atoms with Gasteiger partial charge in [-0.15, -0.1) is 0 Å². The summed E-state index contributed by atoms with van der Waals surface area (Å²) in [5, 5.41) is 5.90. The molecule has 1 unspecified atom stereocenters. The lowest BCUT2D eigenvalue weighted by Gasteiger charge is -2.31. The topological polar surface area (TPSA) is 70.7 Å². The Kier molecular flexibility index (Phi) is 6.96. The van der Waals surface area contributed by atoms with Gasteiger partial charge in [0.2, 0.25) is 0 Å². The molecule has 0 radical (unpaired) electrons. The predicted octanol–water partition coefficient (Wildman–Crippen LogP) is 4.05. The fraction of sp³-hybridized carbons (Fsp3) is 0.600. The van der Waals surface area contributed by atoms with Gasteiger partial charge in [0, 0.05) is 31.9 Å². The number of amides is 3. The Hall–Kier alpha value is -1.79. The summed E-state index contributed by atoms with van der Waals surface area (Å²) in [4.78, 5) is 26.6. The number of nitrogens with zero attached hydrogens (tertiary/aromatic N) is 1. The van der Waals surface area contributed by atoms with Gasteiger partial charge in [-0.2, -0.15) is 0 Å². The largest absolute Gasteiger partial charge is 0.376 e. The second-order valence-electron chi connectivity index (χ2n) is 7.37. The summed E-state index contributed by atoms with van der Waals surface area (Å²) in [6, 6.07) is 4.98. The van der Waals surface area contributed by atoms with Crippen LogP contribution in [0.25, 0.3) is 0 Å². The number of benzene rings is 1. The van der Waals surface area contributed by atoms with E-state index in [1.807, 2.05) is 11.9 Å². The highest BCUT2D eigenvalue weighted by molar-refractivity contribution is 6.34. The minimum Gasteiger partial charge on any atom is -0.376 e. The minimum absolute atomic E-state index is 0.0683. The minimum atomic E-state index is -0.306. The summed E-state index contributed by atoms with van der Waals surface area (Å²) in [5.41, 5.74) is 1.02. The predicted molar refractivity (Wildman–Crippen MR) is 106 cm³/mol. The summed E-state index contributed by atoms with van der Waals surface area (Å²) >= 11 is 6.33. The zero-order chi connectivity index (χ0) is 19.2. The lowest BCUT2D eigenvalue weighted by Crippen LogP contribution is -2.38. The lowest BCUT2D eigenvalue weighted by molar-refractivity contribution is 0.0696. The average molecular weight is 394 g/mol. The number of hydrogen-bond donors (Lipinski definition) is 2. The molecular formula is C20H28ClN3O3. The number of carbonyl (C=O) groups excluding carboxylic acids is 2. The molecule has 0 spiro atoms. The highest BCUT2D eigenvalue weighted by atomic mass is 35.5. The molecule has 1 saturated heterocycles. The Labute approximate surface area is 165 Å². The SMILES string of the molecule is CN(C(=O)c1ccc(NC(=O)NCC2CCCO2)cc1Cl)C1CCCCC1. The molecule has 6 nitrogen and oxygen atoms in total. The molecule has 1 saturated carbocycles. The highest BCUT2D eigenvalue weighted by Crippen LogP contribution is 2.26. The molecule has 2 fully saturated rings. The van der Waals surface area contributed by atoms with Crippen LogP contribution in [0, 0.1) is 0 Å². The fourth-order valence-electron chi connectivity index (χ4n) is 3.78. The van der Waals surface area contributed by atoms with Gasteiger partial charge in [0.05, 0.1) is 16.7 Å². The van der Waals surface area contributed by atoms with Crippen LogP contribution in [0.2, 0.25) is 5.02 Å². The maximum Gasteiger partial charge on any atom is 0.319 e. The van der Waals surface area contributed by atoms with E-state index in [1.165, 1.54) is 19.3 Å². The second-order valence-corrected chi connectivity index (χ2v) is 7.78. The molecule has 1 aliphatic heterocycles. The number of anilines is 1. The Morgan fingerprint density at radius 2 is 1.96 bits per heavy atom. The molecule has 3 amide bonds. The first kappa shape index (κ1) is 20.0. The molecular weight excluding hydrogens is 366 g/mol. The van der Waals surface area contributed by atoms with E-state index in [4.69, 9.17) is 16.3 Å². The molecule has 7 heteroatoms. The molecule has 27 heavy (non-hydrogen) atoms. The molecule has 1 aromatic rings. The first-order valence-corrected chi connectivity index (χ1v) is 10.2. The summed E-state index contributed by atoms with van der Waals surface area (Å²) in [7, 11) is 1.85. The third kappa shape index (κ3) is 5.36. The van der Waals surface area contributed by atoms with E-state index in [2.05, 4.69) is 10.6 Å². The van der Waals surface area contributed by atoms with Gasteiger partial charge in [0.25, 0.3) is 5.91 Å². The number of carbonyl (C=O) groups is 2. The Morgan fingerprint density at radius 3 is 2.63 bits per heavy atom. The average Bonchev–Trinajstić information content (AvgIpc) is 3.20. The van der Waals surface area contributed by atoms with Gasteiger partial charge < -0.3 is 20.3 Å². The van der Waals surface area contributed by atoms with E-state index < -0.39 is 0 Å². The quantitative estimate of drug-likeness (QED) is 0.792. The van der Waals surface area contributed by atoms with Crippen LogP contribution in [-0.4, -0.2) is 49.2 Å². The zero-order valence-corrected chi connectivity index (χ0v) is 16.6. The standard InChI is InChI=1S/C20H28ClN3O3/c1-24(15-6-3-2-4-7-15)19(25)17-10-9-14(12-18(17)21)23-20(26)22-13-16-8-5-11-27-16/h9-10,12,15-16H,2-8,11,13H2,1H3,(H2,22,23,26). The van der Waals surface area contributed by atoms with Gasteiger partial charge in [-0.1, -0.05) is 30.9 Å². The number of rotatable bonds is 5. The van der Waals surface area contributed by atoms with E-state index in [0.717, 1.165) is 32.3 Å². The van der Waals surface area contributed by atoms with Gasteiger partial charge in [0.1, 0.15) is 0 Å². The van der Waals surface area contributed by atoms with Gasteiger partial charge >= 0.3 is 6.03 Å². The molecule has 0 aromatic heterocycles. The van der Waals surface area contributed by atoms with Crippen molar-refractivity contribution in [2.75, 3.05) is 25.5 Å². The summed E-state index contributed by atoms with van der Waals surface area (Å²) in [6.45, 7) is 1.25. The lowest BCUT2D eigenvalue weighted by atomic mass is 9.94. The van der Waals surface area contributed by atoms with Crippen molar-refractivity contribution < 1.29 is 14.3 Å². The Morgan fingerprint density at radius 1 is 1.19 bits per heavy atom. The van der Waals surface area contributed by atoms with Crippen LogP contribution in [0.3, 0.4) is 0 Å². The molecule has 148 valence electrons. The van der Waals surface area contributed by atoms with Crippen molar-refractivity contribution in [1.29, 1.82) is 0 Å². The van der Waals surface area contributed by atoms with Gasteiger partial charge in [-0.05, 0) is 43.9 Å². The van der Waals surface area contributed by atoms with Crippen molar-refractivity contribution in [2.24, 2.45) is 0 Å². The van der Waals surface area contributed by atoms with Crippen LogP contribution in [0.15, 0.2) is 18.2 Å². The van der Waals surface area contributed by atoms with Crippen molar-refractivity contribution in [1.82, 2.24) is 10.2 Å². The van der Waals surface area contributed by atoms with E-state index in [1.54, 1.807) is 18.2 Å². The summed E-state index contributed by atoms with van der Waals surface area (Å²) in [6.07, 6.45) is 7.77. The maximum absolute atomic E-state index is 12.8. The number of ether oxygens (including phenoxy) is 1. The first-order valence-electron chi connectivity index (χ1n) is 9.78. The number of nitrogens with one attached hydrogen (secondary N) is 2. The van der Waals surface area contributed by atoms with Crippen molar-refractivity contribution in [3.05, 3.63) is 28.8 Å². The van der Waals surface area contributed by atoms with Crippen LogP contribution in [-0.2, 0) is 4.74 Å². The van der Waals surface area contributed by atoms with Crippen LogP contribution >= 0.6 is 11.6 Å². The van der Waals surface area contributed by atoms with E-state index >= 15 is 0 Å². The van der Waals surface area contributed by atoms with Crippen molar-refractivity contribution >= 4 is 29.2 Å². The molecule has 1 aromatic carbocycles. The highest BCUT2D eigenvalue weighted by Gasteiger charge is 2.24. The van der Waals surface area contributed by atoms with Crippen LogP contribution in [0.1, 0.15) is 55.3 Å². The van der Waals surface area contributed by atoms with Gasteiger partial charge in [-0.3, -0.25) is 4.79 Å². The number of halogens is 1. The van der Waals surface area contributed by atoms with Crippen LogP contribution < -0.4 is 10.6 Å². The van der Waals surface area contributed by atoms with Gasteiger partial charge in [0.15, 0.2) is 0 Å². The van der Waals surface area contributed by atoms with Crippen LogP contribution in [0.5, 0.6) is 0 Å². The van der Waals surface area contributed by atoms with E-state index in [-0.39, 0.29) is 24.1 Å². The summed E-state index contributed by atoms with van der Waals surface area (Å²) < 4.78 is 5.48. The molecule has 3 rings (SSSR count). The normalized spacial score (nSPS) is 20.3. The first-order chi connectivity index (χ1) is 13.0. The molecule has 0 bridgehead atoms. The second kappa shape index (κ2) is 9.42. The molecule has 1 atom stereocenters. The van der Waals surface area contributed by atoms with Crippen LogP contribution in [0.4, 0.5) is 10.5 Å². The Balaban J connectivity index is 1.55. The smallest absolute Gasteiger partial charge is 0.319 e. The third-order valence-electron chi connectivity index (χ3n) is 5.41. The van der Waals surface area contributed by atoms with Gasteiger partial charge in [-0.25, -0.2) is 4.79 Å². The monoisotopic (exact) mass is 393 g/mol. The van der Waals surface area contributed by atoms with Crippen molar-refractivity contribution in [3.8, 4) is 0 Å². The number of hydrogen-bond acceptors (Lipinski definition) is 3. The third-order valence-corrected chi connectivity index (χ3v) is 5.73. The molecule has 2 N–H and O–H groups in total. The molecule has 1 aliphatic carbocycles. The summed E-state index contributed by atoms with van der Waals surface area (Å²) in [5.74, 6) is -0.0683.